The molecule has 1 atom stereocenters. The normalized spacial score (nSPS) is 16.2. The highest BCUT2D eigenvalue weighted by Crippen LogP contribution is 2.27. The number of aromatic nitrogens is 1. The zero-order chi connectivity index (χ0) is 22.2. The van der Waals surface area contributed by atoms with Crippen LogP contribution in [0.25, 0.3) is 33.2 Å². The van der Waals surface area contributed by atoms with Crippen molar-refractivity contribution in [1.29, 1.82) is 0 Å². The van der Waals surface area contributed by atoms with Crippen molar-refractivity contribution in [3.63, 3.8) is 0 Å². The fourth-order valence-corrected chi connectivity index (χ4v) is 4.38. The number of anilines is 1. The van der Waals surface area contributed by atoms with Gasteiger partial charge < -0.3 is 14.2 Å². The van der Waals surface area contributed by atoms with E-state index < -0.39 is 0 Å². The zero-order valence-electron chi connectivity index (χ0n) is 18.1. The monoisotopic (exact) mass is 445 g/mol. The molecule has 3 heterocycles. The summed E-state index contributed by atoms with van der Waals surface area (Å²) in [6.07, 6.45) is 4.42. The smallest absolute Gasteiger partial charge is 0.200 e. The Labute approximate surface area is 191 Å². The standard InChI is InChI=1S/C26H24ClN3O2/c1-29(2)21-11-12-30(15-21)25-10-6-19(14-28-25)23-16-32-24-13-18(5-9-22(24)26(23)31)17-3-7-20(27)8-4-17/h3-10,13-14,16,21H,11-12,15H2,1-2H3/t21-/m0/s1. The van der Waals surface area contributed by atoms with E-state index in [1.54, 1.807) is 6.20 Å². The summed E-state index contributed by atoms with van der Waals surface area (Å²) in [5.74, 6) is 0.941. The molecule has 5 rings (SSSR count). The number of likely N-dealkylation sites (N-methyl/N-ethyl adjacent to an activating group) is 1. The number of pyridine rings is 1. The van der Waals surface area contributed by atoms with Crippen molar-refractivity contribution in [1.82, 2.24) is 9.88 Å². The maximum Gasteiger partial charge on any atom is 0.200 e. The molecule has 0 saturated carbocycles. The lowest BCUT2D eigenvalue weighted by Crippen LogP contribution is -2.31. The predicted molar refractivity (Wildman–Crippen MR) is 130 cm³/mol. The van der Waals surface area contributed by atoms with Crippen molar-refractivity contribution in [3.05, 3.63) is 82.3 Å². The number of hydrogen-bond donors (Lipinski definition) is 0. The Hall–Kier alpha value is -3.15. The molecule has 1 fully saturated rings. The molecule has 0 N–H and O–H groups in total. The van der Waals surface area contributed by atoms with E-state index >= 15 is 0 Å². The maximum absolute atomic E-state index is 13.2. The Kier molecular flexibility index (Phi) is 5.45. The third kappa shape index (κ3) is 3.90. The Morgan fingerprint density at radius 1 is 1.03 bits per heavy atom. The van der Waals surface area contributed by atoms with Crippen molar-refractivity contribution in [2.45, 2.75) is 12.5 Å². The Morgan fingerprint density at radius 2 is 1.78 bits per heavy atom. The molecule has 1 aliphatic rings. The number of rotatable bonds is 4. The molecule has 2 aromatic carbocycles. The van der Waals surface area contributed by atoms with Gasteiger partial charge in [0, 0.05) is 35.9 Å². The highest BCUT2D eigenvalue weighted by molar-refractivity contribution is 6.30. The van der Waals surface area contributed by atoms with Crippen molar-refractivity contribution in [2.24, 2.45) is 0 Å². The second-order valence-corrected chi connectivity index (χ2v) is 8.89. The SMILES string of the molecule is CN(C)[C@H]1CCN(c2ccc(-c3coc4cc(-c5ccc(Cl)cc5)ccc4c3=O)cn2)C1. The summed E-state index contributed by atoms with van der Waals surface area (Å²) in [5.41, 5.74) is 3.76. The van der Waals surface area contributed by atoms with Crippen molar-refractivity contribution < 1.29 is 4.42 Å². The van der Waals surface area contributed by atoms with E-state index in [0.29, 0.717) is 27.6 Å². The number of nitrogens with zero attached hydrogens (tertiary/aromatic N) is 3. The van der Waals surface area contributed by atoms with Gasteiger partial charge in [-0.25, -0.2) is 4.98 Å². The van der Waals surface area contributed by atoms with Gasteiger partial charge in [-0.15, -0.1) is 0 Å². The number of halogens is 1. The van der Waals surface area contributed by atoms with Gasteiger partial charge in [0.05, 0.1) is 10.9 Å². The molecule has 0 aliphatic carbocycles. The average molecular weight is 446 g/mol. The van der Waals surface area contributed by atoms with Gasteiger partial charge in [0.1, 0.15) is 17.7 Å². The first-order chi connectivity index (χ1) is 15.5. The quantitative estimate of drug-likeness (QED) is 0.425. The summed E-state index contributed by atoms with van der Waals surface area (Å²) in [6.45, 7) is 1.96. The molecule has 0 amide bonds. The lowest BCUT2D eigenvalue weighted by molar-refractivity contribution is 0.315. The lowest BCUT2D eigenvalue weighted by Gasteiger charge is -2.21. The maximum atomic E-state index is 13.2. The van der Waals surface area contributed by atoms with Crippen LogP contribution in [0.5, 0.6) is 0 Å². The minimum Gasteiger partial charge on any atom is -0.463 e. The Bertz CT molecular complexity index is 1310. The second kappa shape index (κ2) is 8.41. The highest BCUT2D eigenvalue weighted by Gasteiger charge is 2.24. The molecule has 0 radical (unpaired) electrons. The van der Waals surface area contributed by atoms with E-state index in [4.69, 9.17) is 16.0 Å². The molecule has 1 saturated heterocycles. The summed E-state index contributed by atoms with van der Waals surface area (Å²) in [4.78, 5) is 22.3. The fourth-order valence-electron chi connectivity index (χ4n) is 4.25. The molecular formula is C26H24ClN3O2. The number of hydrogen-bond acceptors (Lipinski definition) is 5. The van der Waals surface area contributed by atoms with Gasteiger partial charge in [-0.05, 0) is 68.0 Å². The van der Waals surface area contributed by atoms with Crippen LogP contribution in [0.15, 0.2) is 76.3 Å². The van der Waals surface area contributed by atoms with Gasteiger partial charge in [0.2, 0.25) is 5.43 Å². The van der Waals surface area contributed by atoms with Crippen LogP contribution in [-0.2, 0) is 0 Å². The average Bonchev–Trinajstić information content (AvgIpc) is 3.31. The first-order valence-electron chi connectivity index (χ1n) is 10.7. The van der Waals surface area contributed by atoms with Gasteiger partial charge in [-0.3, -0.25) is 4.79 Å². The van der Waals surface area contributed by atoms with Gasteiger partial charge in [0.15, 0.2) is 0 Å². The molecule has 1 aliphatic heterocycles. The van der Waals surface area contributed by atoms with Gasteiger partial charge >= 0.3 is 0 Å². The summed E-state index contributed by atoms with van der Waals surface area (Å²) in [6, 6.07) is 17.7. The Morgan fingerprint density at radius 3 is 2.47 bits per heavy atom. The zero-order valence-corrected chi connectivity index (χ0v) is 18.8. The van der Waals surface area contributed by atoms with Crippen LogP contribution in [0.2, 0.25) is 5.02 Å². The first-order valence-corrected chi connectivity index (χ1v) is 11.1. The largest absolute Gasteiger partial charge is 0.463 e. The number of fused-ring (bicyclic) bond motifs is 1. The van der Waals surface area contributed by atoms with E-state index in [-0.39, 0.29) is 5.43 Å². The van der Waals surface area contributed by atoms with E-state index in [9.17, 15) is 4.79 Å². The minimum atomic E-state index is -0.0581. The molecular weight excluding hydrogens is 422 g/mol. The molecule has 162 valence electrons. The third-order valence-electron chi connectivity index (χ3n) is 6.23. The molecule has 0 spiro atoms. The predicted octanol–water partition coefficient (Wildman–Crippen LogP) is 5.32. The lowest BCUT2D eigenvalue weighted by atomic mass is 10.0. The molecule has 4 aromatic rings. The second-order valence-electron chi connectivity index (χ2n) is 8.45. The Balaban J connectivity index is 1.43. The van der Waals surface area contributed by atoms with Crippen LogP contribution in [0.3, 0.4) is 0 Å². The van der Waals surface area contributed by atoms with Crippen LogP contribution < -0.4 is 10.3 Å². The van der Waals surface area contributed by atoms with E-state index in [1.807, 2.05) is 54.6 Å². The minimum absolute atomic E-state index is 0.0581. The van der Waals surface area contributed by atoms with Crippen LogP contribution in [-0.4, -0.2) is 43.1 Å². The van der Waals surface area contributed by atoms with Gasteiger partial charge in [-0.1, -0.05) is 29.8 Å². The summed E-state index contributed by atoms with van der Waals surface area (Å²) < 4.78 is 5.86. The summed E-state index contributed by atoms with van der Waals surface area (Å²) in [5, 5.41) is 1.24. The third-order valence-corrected chi connectivity index (χ3v) is 6.48. The molecule has 5 nitrogen and oxygen atoms in total. The highest BCUT2D eigenvalue weighted by atomic mass is 35.5. The van der Waals surface area contributed by atoms with Gasteiger partial charge in [-0.2, -0.15) is 0 Å². The molecule has 2 aromatic heterocycles. The topological polar surface area (TPSA) is 49.6 Å². The van der Waals surface area contributed by atoms with Crippen molar-refractivity contribution in [2.75, 3.05) is 32.1 Å². The van der Waals surface area contributed by atoms with Crippen LogP contribution >= 0.6 is 11.6 Å². The van der Waals surface area contributed by atoms with Crippen LogP contribution in [0.1, 0.15) is 6.42 Å². The van der Waals surface area contributed by atoms with E-state index in [0.717, 1.165) is 42.0 Å². The van der Waals surface area contributed by atoms with Crippen LogP contribution in [0.4, 0.5) is 5.82 Å². The first kappa shape index (κ1) is 20.7. The molecule has 0 bridgehead atoms. The molecule has 6 heteroatoms. The molecule has 32 heavy (non-hydrogen) atoms. The molecule has 0 unspecified atom stereocenters. The summed E-state index contributed by atoms with van der Waals surface area (Å²) in [7, 11) is 4.23. The van der Waals surface area contributed by atoms with Gasteiger partial charge in [0.25, 0.3) is 0 Å². The van der Waals surface area contributed by atoms with Crippen LogP contribution in [0, 0.1) is 0 Å². The van der Waals surface area contributed by atoms with Crippen molar-refractivity contribution in [3.8, 4) is 22.3 Å². The summed E-state index contributed by atoms with van der Waals surface area (Å²) >= 11 is 5.99. The van der Waals surface area contributed by atoms with E-state index in [1.165, 1.54) is 6.26 Å². The number of benzene rings is 2. The van der Waals surface area contributed by atoms with E-state index in [2.05, 4.69) is 28.9 Å². The van der Waals surface area contributed by atoms with Crippen molar-refractivity contribution >= 4 is 28.4 Å². The fraction of sp³-hybridized carbons (Fsp3) is 0.231.